The topological polar surface area (TPSA) is 105 Å². The van der Waals surface area contributed by atoms with Gasteiger partial charge in [-0.15, -0.1) is 0 Å². The summed E-state index contributed by atoms with van der Waals surface area (Å²) in [5.74, 6) is -0.963. The van der Waals surface area contributed by atoms with Crippen molar-refractivity contribution in [2.24, 2.45) is 5.73 Å². The largest absolute Gasteiger partial charge is 0.378 e. The van der Waals surface area contributed by atoms with E-state index in [1.165, 1.54) is 6.07 Å². The highest BCUT2D eigenvalue weighted by Crippen LogP contribution is 2.32. The summed E-state index contributed by atoms with van der Waals surface area (Å²) in [4.78, 5) is 15.8. The molecule has 6 unspecified atom stereocenters. The number of likely N-dealkylation sites (N-methyl/N-ethyl adjacent to an activating group) is 1. The number of sulfonamides is 1. The number of ether oxygens (including phenoxy) is 1. The number of nitrogens with two attached hydrogens (primary N) is 1. The summed E-state index contributed by atoms with van der Waals surface area (Å²) in [5, 5.41) is 3.52. The van der Waals surface area contributed by atoms with Crippen molar-refractivity contribution >= 4 is 33.2 Å². The van der Waals surface area contributed by atoms with Gasteiger partial charge in [-0.05, 0) is 94.7 Å². The quantitative estimate of drug-likeness (QED) is 0.385. The number of piperazine rings is 1. The van der Waals surface area contributed by atoms with E-state index in [1.54, 1.807) is 28.6 Å². The fourth-order valence-electron chi connectivity index (χ4n) is 6.88. The van der Waals surface area contributed by atoms with Gasteiger partial charge < -0.3 is 20.7 Å². The predicted octanol–water partition coefficient (Wildman–Crippen LogP) is 4.92. The van der Waals surface area contributed by atoms with Crippen molar-refractivity contribution in [1.82, 2.24) is 9.21 Å². The van der Waals surface area contributed by atoms with Crippen LogP contribution in [-0.4, -0.2) is 80.3 Å². The second-order valence-corrected chi connectivity index (χ2v) is 14.8. The first kappa shape index (κ1) is 32.3. The molecule has 0 aliphatic carbocycles. The minimum atomic E-state index is -3.36. The van der Waals surface area contributed by atoms with Crippen molar-refractivity contribution in [3.05, 3.63) is 64.4 Å². The van der Waals surface area contributed by atoms with Crippen LogP contribution in [0.1, 0.15) is 68.4 Å². The minimum Gasteiger partial charge on any atom is -0.378 e. The van der Waals surface area contributed by atoms with E-state index in [0.717, 1.165) is 44.3 Å². The number of amides is 1. The molecule has 3 aliphatic heterocycles. The molecule has 8 nitrogen and oxygen atoms in total. The molecule has 43 heavy (non-hydrogen) atoms. The third-order valence-electron chi connectivity index (χ3n) is 9.43. The zero-order chi connectivity index (χ0) is 30.6. The number of anilines is 1. The fourth-order valence-corrected chi connectivity index (χ4v) is 8.80. The Morgan fingerprint density at radius 1 is 1.12 bits per heavy atom. The third kappa shape index (κ3) is 7.96. The van der Waals surface area contributed by atoms with Gasteiger partial charge in [-0.2, -0.15) is 4.31 Å². The molecule has 236 valence electrons. The molecule has 3 saturated heterocycles. The average molecular weight is 635 g/mol. The summed E-state index contributed by atoms with van der Waals surface area (Å²) < 4.78 is 48.8. The standard InChI is InChI=1S/C32H44ClFN4O4S/c1-37-20-25(38-21-24(37)6-5-19-43(38,40)41)14-16-28-29(34)8-4-9-30(28)36-32(39)31(35)27(22-10-12-23(33)13-11-22)17-15-26-7-2-3-18-42-26/h4,8-13,24-27,31H,2-3,5-7,14-21,35H2,1H3,(H,36,39). The Hall–Kier alpha value is -2.08. The molecule has 3 N–H and O–H groups in total. The molecule has 3 heterocycles. The van der Waals surface area contributed by atoms with Crippen LogP contribution in [0.5, 0.6) is 0 Å². The molecule has 0 spiro atoms. The number of carbonyl (C=O) groups excluding carboxylic acids is 1. The van der Waals surface area contributed by atoms with Crippen molar-refractivity contribution in [3.63, 3.8) is 0 Å². The maximum Gasteiger partial charge on any atom is 0.241 e. The molecule has 2 bridgehead atoms. The fraction of sp³-hybridized carbons (Fsp3) is 0.594. The van der Waals surface area contributed by atoms with E-state index in [0.29, 0.717) is 48.6 Å². The number of rotatable bonds is 10. The van der Waals surface area contributed by atoms with Crippen LogP contribution in [0.15, 0.2) is 42.5 Å². The first-order chi connectivity index (χ1) is 20.6. The van der Waals surface area contributed by atoms with Crippen molar-refractivity contribution in [1.29, 1.82) is 0 Å². The Balaban J connectivity index is 1.30. The predicted molar refractivity (Wildman–Crippen MR) is 168 cm³/mol. The van der Waals surface area contributed by atoms with Gasteiger partial charge in [0.2, 0.25) is 15.9 Å². The zero-order valence-electron chi connectivity index (χ0n) is 24.9. The maximum absolute atomic E-state index is 15.2. The third-order valence-corrected chi connectivity index (χ3v) is 11.6. The lowest BCUT2D eigenvalue weighted by Gasteiger charge is -2.42. The summed E-state index contributed by atoms with van der Waals surface area (Å²) in [6, 6.07) is 11.1. The number of hydrogen-bond acceptors (Lipinski definition) is 6. The second kappa shape index (κ2) is 14.3. The molecule has 0 saturated carbocycles. The Bertz CT molecular complexity index is 1360. The maximum atomic E-state index is 15.2. The number of nitrogens with zero attached hydrogens (tertiary/aromatic N) is 2. The van der Waals surface area contributed by atoms with E-state index in [-0.39, 0.29) is 36.3 Å². The number of carbonyl (C=O) groups is 1. The van der Waals surface area contributed by atoms with Gasteiger partial charge in [0.1, 0.15) is 5.82 Å². The number of benzene rings is 2. The van der Waals surface area contributed by atoms with Crippen LogP contribution in [0.2, 0.25) is 5.02 Å². The van der Waals surface area contributed by atoms with Gasteiger partial charge in [-0.3, -0.25) is 4.79 Å². The number of fused-ring (bicyclic) bond motifs is 2. The normalized spacial score (nSPS) is 27.2. The van der Waals surface area contributed by atoms with Crippen LogP contribution < -0.4 is 11.1 Å². The van der Waals surface area contributed by atoms with Crippen LogP contribution in [0.3, 0.4) is 0 Å². The zero-order valence-corrected chi connectivity index (χ0v) is 26.5. The van der Waals surface area contributed by atoms with E-state index in [9.17, 15) is 13.2 Å². The van der Waals surface area contributed by atoms with E-state index >= 15 is 4.39 Å². The lowest BCUT2D eigenvalue weighted by Crippen LogP contribution is -2.57. The summed E-state index contributed by atoms with van der Waals surface area (Å²) in [7, 11) is -1.33. The lowest BCUT2D eigenvalue weighted by atomic mass is 9.85. The van der Waals surface area contributed by atoms with Crippen LogP contribution in [0.4, 0.5) is 10.1 Å². The van der Waals surface area contributed by atoms with Crippen LogP contribution in [-0.2, 0) is 26.0 Å². The number of halogens is 2. The van der Waals surface area contributed by atoms with Gasteiger partial charge in [0.15, 0.2) is 0 Å². The van der Waals surface area contributed by atoms with Gasteiger partial charge in [0.05, 0.1) is 17.9 Å². The summed E-state index contributed by atoms with van der Waals surface area (Å²) in [6.45, 7) is 1.82. The van der Waals surface area contributed by atoms with Gasteiger partial charge in [0.25, 0.3) is 0 Å². The van der Waals surface area contributed by atoms with Crippen LogP contribution in [0.25, 0.3) is 0 Å². The monoisotopic (exact) mass is 634 g/mol. The second-order valence-electron chi connectivity index (χ2n) is 12.3. The van der Waals surface area contributed by atoms with Gasteiger partial charge in [0, 0.05) is 54.0 Å². The molecule has 0 aromatic heterocycles. The Kier molecular flexibility index (Phi) is 10.8. The van der Waals surface area contributed by atoms with Crippen molar-refractivity contribution in [2.45, 2.75) is 87.9 Å². The van der Waals surface area contributed by atoms with E-state index < -0.39 is 27.8 Å². The lowest BCUT2D eigenvalue weighted by molar-refractivity contribution is -0.118. The molecule has 3 aliphatic rings. The smallest absolute Gasteiger partial charge is 0.241 e. The Morgan fingerprint density at radius 3 is 2.65 bits per heavy atom. The van der Waals surface area contributed by atoms with Crippen molar-refractivity contribution in [3.8, 4) is 0 Å². The highest BCUT2D eigenvalue weighted by atomic mass is 35.5. The van der Waals surface area contributed by atoms with Gasteiger partial charge >= 0.3 is 0 Å². The first-order valence-corrected chi connectivity index (χ1v) is 17.5. The van der Waals surface area contributed by atoms with E-state index in [1.807, 2.05) is 19.2 Å². The molecule has 1 amide bonds. The van der Waals surface area contributed by atoms with Gasteiger partial charge in [-0.25, -0.2) is 12.8 Å². The molecular weight excluding hydrogens is 591 g/mol. The summed E-state index contributed by atoms with van der Waals surface area (Å²) >= 11 is 6.14. The summed E-state index contributed by atoms with van der Waals surface area (Å²) in [6.07, 6.45) is 7.03. The average Bonchev–Trinajstić information content (AvgIpc) is 3.12. The highest BCUT2D eigenvalue weighted by molar-refractivity contribution is 7.89. The number of nitrogens with one attached hydrogen (secondary N) is 1. The van der Waals surface area contributed by atoms with Gasteiger partial charge in [-0.1, -0.05) is 29.8 Å². The first-order valence-electron chi connectivity index (χ1n) is 15.5. The molecule has 0 radical (unpaired) electrons. The highest BCUT2D eigenvalue weighted by Gasteiger charge is 2.40. The number of hydrogen-bond donors (Lipinski definition) is 2. The molecule has 6 atom stereocenters. The molecular formula is C32H44ClFN4O4S. The molecule has 5 rings (SSSR count). The Morgan fingerprint density at radius 2 is 1.91 bits per heavy atom. The summed E-state index contributed by atoms with van der Waals surface area (Å²) in [5.41, 5.74) is 8.28. The SMILES string of the molecule is CN1CC(CCc2c(F)cccc2NC(=O)C(N)C(CCC2CCCCO2)c2ccc(Cl)cc2)N2CC1CCCS2(=O)=O. The van der Waals surface area contributed by atoms with Crippen molar-refractivity contribution in [2.75, 3.05) is 37.8 Å². The van der Waals surface area contributed by atoms with E-state index in [2.05, 4.69) is 10.2 Å². The minimum absolute atomic E-state index is 0.147. The van der Waals surface area contributed by atoms with Crippen LogP contribution >= 0.6 is 11.6 Å². The van der Waals surface area contributed by atoms with E-state index in [4.69, 9.17) is 22.1 Å². The molecule has 2 aromatic carbocycles. The Labute approximate surface area is 260 Å². The molecule has 3 fully saturated rings. The van der Waals surface area contributed by atoms with Crippen LogP contribution in [0, 0.1) is 5.82 Å². The molecule has 2 aromatic rings. The molecule has 11 heteroatoms. The van der Waals surface area contributed by atoms with Crippen molar-refractivity contribution < 1.29 is 22.3 Å².